The van der Waals surface area contributed by atoms with Crippen molar-refractivity contribution in [2.24, 2.45) is 5.10 Å². The number of furan rings is 1. The van der Waals surface area contributed by atoms with E-state index in [1.54, 1.807) is 12.1 Å². The number of hydrogen-bond acceptors (Lipinski definition) is 5. The number of halogens is 1. The van der Waals surface area contributed by atoms with Crippen molar-refractivity contribution in [2.75, 3.05) is 6.26 Å². The summed E-state index contributed by atoms with van der Waals surface area (Å²) in [5.74, 6) is 0.503. The van der Waals surface area contributed by atoms with Crippen LogP contribution in [-0.2, 0) is 10.0 Å². The van der Waals surface area contributed by atoms with Gasteiger partial charge in [-0.25, -0.2) is 8.42 Å². The van der Waals surface area contributed by atoms with Crippen LogP contribution in [0.5, 0.6) is 0 Å². The Morgan fingerprint density at radius 1 is 1.45 bits per heavy atom. The average molecular weight is 331 g/mol. The van der Waals surface area contributed by atoms with E-state index in [4.69, 9.17) is 16.0 Å². The van der Waals surface area contributed by atoms with Crippen LogP contribution in [0.2, 0.25) is 5.22 Å². The van der Waals surface area contributed by atoms with Crippen LogP contribution in [0.4, 0.5) is 0 Å². The van der Waals surface area contributed by atoms with Gasteiger partial charge in [-0.3, -0.25) is 0 Å². The standard InChI is InChI=1S/C12H11ClN2O3S2/c1-20(16,17)15-9(11-3-2-6-19-11)7-8(14-15)10-4-5-12(13)18-10/h2-6,9H,7H2,1H3. The molecule has 0 saturated heterocycles. The molecule has 0 saturated carbocycles. The number of hydrogen-bond donors (Lipinski definition) is 0. The zero-order valence-electron chi connectivity index (χ0n) is 10.5. The Morgan fingerprint density at radius 2 is 2.25 bits per heavy atom. The smallest absolute Gasteiger partial charge is 0.247 e. The van der Waals surface area contributed by atoms with Crippen molar-refractivity contribution in [3.63, 3.8) is 0 Å². The molecule has 0 aliphatic carbocycles. The van der Waals surface area contributed by atoms with Crippen LogP contribution in [0.15, 0.2) is 39.2 Å². The first-order valence-corrected chi connectivity index (χ1v) is 8.92. The molecule has 0 aromatic carbocycles. The second-order valence-electron chi connectivity index (χ2n) is 4.42. The van der Waals surface area contributed by atoms with Crippen molar-refractivity contribution >= 4 is 38.7 Å². The van der Waals surface area contributed by atoms with E-state index in [-0.39, 0.29) is 11.3 Å². The Bertz CT molecular complexity index is 750. The maximum Gasteiger partial charge on any atom is 0.247 e. The van der Waals surface area contributed by atoms with Crippen molar-refractivity contribution in [1.82, 2.24) is 4.41 Å². The highest BCUT2D eigenvalue weighted by atomic mass is 35.5. The summed E-state index contributed by atoms with van der Waals surface area (Å²) in [6.07, 6.45) is 1.62. The number of nitrogens with zero attached hydrogens (tertiary/aromatic N) is 2. The van der Waals surface area contributed by atoms with Crippen molar-refractivity contribution in [3.8, 4) is 0 Å². The van der Waals surface area contributed by atoms with Crippen LogP contribution in [0.3, 0.4) is 0 Å². The van der Waals surface area contributed by atoms with Crippen LogP contribution in [0.1, 0.15) is 23.1 Å². The summed E-state index contributed by atoms with van der Waals surface area (Å²) in [7, 11) is -3.43. The maximum atomic E-state index is 11.9. The van der Waals surface area contributed by atoms with Crippen molar-refractivity contribution in [1.29, 1.82) is 0 Å². The maximum absolute atomic E-state index is 11.9. The van der Waals surface area contributed by atoms with Gasteiger partial charge >= 0.3 is 0 Å². The van der Waals surface area contributed by atoms with Gasteiger partial charge in [0.1, 0.15) is 11.8 Å². The summed E-state index contributed by atoms with van der Waals surface area (Å²) < 4.78 is 30.2. The molecule has 8 heteroatoms. The molecule has 106 valence electrons. The third-order valence-corrected chi connectivity index (χ3v) is 5.13. The molecule has 0 radical (unpaired) electrons. The van der Waals surface area contributed by atoms with Crippen LogP contribution >= 0.6 is 22.9 Å². The molecule has 5 nitrogen and oxygen atoms in total. The zero-order chi connectivity index (χ0) is 14.3. The van der Waals surface area contributed by atoms with Crippen LogP contribution < -0.4 is 0 Å². The van der Waals surface area contributed by atoms with E-state index in [1.807, 2.05) is 17.5 Å². The average Bonchev–Trinajstić information content (AvgIpc) is 3.06. The van der Waals surface area contributed by atoms with Crippen LogP contribution in [0.25, 0.3) is 0 Å². The molecule has 3 heterocycles. The molecule has 1 aliphatic rings. The highest BCUT2D eigenvalue weighted by molar-refractivity contribution is 7.88. The SMILES string of the molecule is CS(=O)(=O)N1N=C(c2ccc(Cl)o2)CC1c1cccs1. The molecule has 1 aliphatic heterocycles. The van der Waals surface area contributed by atoms with Crippen molar-refractivity contribution in [3.05, 3.63) is 45.5 Å². The summed E-state index contributed by atoms with van der Waals surface area (Å²) in [6, 6.07) is 6.79. The van der Waals surface area contributed by atoms with Gasteiger partial charge in [-0.15, -0.1) is 11.3 Å². The van der Waals surface area contributed by atoms with Gasteiger partial charge in [0.2, 0.25) is 10.0 Å². The van der Waals surface area contributed by atoms with Gasteiger partial charge in [-0.1, -0.05) is 6.07 Å². The Kier molecular flexibility index (Phi) is 3.35. The normalized spacial score (nSPS) is 19.4. The third kappa shape index (κ3) is 2.48. The molecule has 1 atom stereocenters. The fraction of sp³-hybridized carbons (Fsp3) is 0.250. The van der Waals surface area contributed by atoms with Gasteiger partial charge in [0, 0.05) is 11.3 Å². The molecule has 0 N–H and O–H groups in total. The molecule has 0 amide bonds. The summed E-state index contributed by atoms with van der Waals surface area (Å²) in [6.45, 7) is 0. The molecule has 0 spiro atoms. The quantitative estimate of drug-likeness (QED) is 0.868. The molecular formula is C12H11ClN2O3S2. The predicted molar refractivity (Wildman–Crippen MR) is 78.6 cm³/mol. The summed E-state index contributed by atoms with van der Waals surface area (Å²) >= 11 is 7.26. The summed E-state index contributed by atoms with van der Waals surface area (Å²) in [5.41, 5.74) is 0.584. The number of thiophene rings is 1. The van der Waals surface area contributed by atoms with E-state index < -0.39 is 10.0 Å². The second kappa shape index (κ2) is 4.91. The predicted octanol–water partition coefficient (Wildman–Crippen LogP) is 3.11. The largest absolute Gasteiger partial charge is 0.443 e. The fourth-order valence-electron chi connectivity index (χ4n) is 2.11. The lowest BCUT2D eigenvalue weighted by Crippen LogP contribution is -2.25. The van der Waals surface area contributed by atoms with Gasteiger partial charge in [0.15, 0.2) is 11.0 Å². The van der Waals surface area contributed by atoms with E-state index >= 15 is 0 Å². The van der Waals surface area contributed by atoms with E-state index in [0.29, 0.717) is 17.9 Å². The Morgan fingerprint density at radius 3 is 2.80 bits per heavy atom. The van der Waals surface area contributed by atoms with Crippen molar-refractivity contribution in [2.45, 2.75) is 12.5 Å². The zero-order valence-corrected chi connectivity index (χ0v) is 12.9. The monoisotopic (exact) mass is 330 g/mol. The first kappa shape index (κ1) is 13.7. The highest BCUT2D eigenvalue weighted by Crippen LogP contribution is 2.37. The summed E-state index contributed by atoms with van der Waals surface area (Å²) in [4.78, 5) is 0.951. The van der Waals surface area contributed by atoms with E-state index in [1.165, 1.54) is 11.3 Å². The van der Waals surface area contributed by atoms with Gasteiger partial charge in [0.05, 0.1) is 6.26 Å². The van der Waals surface area contributed by atoms with Gasteiger partial charge in [0.25, 0.3) is 0 Å². The van der Waals surface area contributed by atoms with E-state index in [9.17, 15) is 8.42 Å². The molecule has 2 aromatic rings. The first-order valence-electron chi connectivity index (χ1n) is 5.81. The molecule has 0 bridgehead atoms. The number of sulfonamides is 1. The lowest BCUT2D eigenvalue weighted by atomic mass is 10.1. The molecule has 0 fully saturated rings. The lowest BCUT2D eigenvalue weighted by molar-refractivity contribution is 0.379. The van der Waals surface area contributed by atoms with E-state index in [0.717, 1.165) is 15.5 Å². The van der Waals surface area contributed by atoms with Gasteiger partial charge < -0.3 is 4.42 Å². The minimum absolute atomic E-state index is 0.258. The Labute approximate surface area is 125 Å². The van der Waals surface area contributed by atoms with Gasteiger partial charge in [-0.05, 0) is 35.2 Å². The molecule has 2 aromatic heterocycles. The highest BCUT2D eigenvalue weighted by Gasteiger charge is 2.35. The topological polar surface area (TPSA) is 62.9 Å². The molecule has 1 unspecified atom stereocenters. The van der Waals surface area contributed by atoms with Crippen LogP contribution in [-0.4, -0.2) is 24.8 Å². The van der Waals surface area contributed by atoms with Gasteiger partial charge in [-0.2, -0.15) is 9.52 Å². The van der Waals surface area contributed by atoms with E-state index in [2.05, 4.69) is 5.10 Å². The Hall–Kier alpha value is -1.31. The molecule has 20 heavy (non-hydrogen) atoms. The van der Waals surface area contributed by atoms with Crippen LogP contribution in [0, 0.1) is 0 Å². The third-order valence-electron chi connectivity index (χ3n) is 2.94. The summed E-state index contributed by atoms with van der Waals surface area (Å²) in [5, 5.41) is 6.37. The number of rotatable bonds is 3. The minimum Gasteiger partial charge on any atom is -0.443 e. The first-order chi connectivity index (χ1) is 9.45. The fourth-order valence-corrected chi connectivity index (χ4v) is 4.03. The lowest BCUT2D eigenvalue weighted by Gasteiger charge is -2.19. The second-order valence-corrected chi connectivity index (χ2v) is 7.61. The Balaban J connectivity index is 2.00. The number of hydrazone groups is 1. The molecule has 3 rings (SSSR count). The van der Waals surface area contributed by atoms with Crippen molar-refractivity contribution < 1.29 is 12.8 Å². The molecular weight excluding hydrogens is 320 g/mol. The minimum atomic E-state index is -3.43.